The highest BCUT2D eigenvalue weighted by Crippen LogP contribution is 2.22. The lowest BCUT2D eigenvalue weighted by Gasteiger charge is -2.26. The number of rotatable bonds is 5. The topological polar surface area (TPSA) is 107 Å². The van der Waals surface area contributed by atoms with Crippen LogP contribution in [-0.2, 0) is 14.8 Å². The van der Waals surface area contributed by atoms with E-state index in [2.05, 4.69) is 31.1 Å². The molecule has 0 spiro atoms. The number of hydrogen-bond donors (Lipinski definition) is 0. The van der Waals surface area contributed by atoms with Crippen molar-refractivity contribution in [2.75, 3.05) is 6.54 Å². The summed E-state index contributed by atoms with van der Waals surface area (Å²) in [4.78, 5) is 22.4. The molecule has 8 nitrogen and oxygen atoms in total. The van der Waals surface area contributed by atoms with Gasteiger partial charge in [-0.05, 0) is 32.9 Å². The highest BCUT2D eigenvalue weighted by atomic mass is 32.2. The fourth-order valence-electron chi connectivity index (χ4n) is 1.97. The van der Waals surface area contributed by atoms with Crippen LogP contribution in [0, 0.1) is 21.6 Å². The molecule has 0 atom stereocenters. The van der Waals surface area contributed by atoms with Gasteiger partial charge in [-0.25, -0.2) is 13.2 Å². The third kappa shape index (κ3) is 7.32. The highest BCUT2D eigenvalue weighted by Gasteiger charge is 2.33. The molecule has 1 amide bonds. The van der Waals surface area contributed by atoms with Crippen molar-refractivity contribution in [1.29, 1.82) is 0 Å². The van der Waals surface area contributed by atoms with Crippen LogP contribution in [0.25, 0.3) is 0 Å². The Balaban J connectivity index is 3.21. The normalized spacial score (nSPS) is 11.9. The Bertz CT molecular complexity index is 887. The van der Waals surface area contributed by atoms with E-state index in [1.54, 1.807) is 20.8 Å². The van der Waals surface area contributed by atoms with E-state index in [0.29, 0.717) is 4.31 Å². The van der Waals surface area contributed by atoms with E-state index in [4.69, 9.17) is 4.74 Å². The van der Waals surface area contributed by atoms with Crippen molar-refractivity contribution >= 4 is 29.9 Å². The van der Waals surface area contributed by atoms with Crippen molar-refractivity contribution in [3.63, 3.8) is 0 Å². The summed E-state index contributed by atoms with van der Waals surface area (Å²) >= 11 is 0. The molecule has 0 aliphatic rings. The number of non-ortho nitro benzene ring substituents is 1. The van der Waals surface area contributed by atoms with Gasteiger partial charge in [0.15, 0.2) is 0 Å². The number of nitro benzene ring substituents is 1. The minimum absolute atomic E-state index is 0.162. The van der Waals surface area contributed by atoms with Gasteiger partial charge in [0.2, 0.25) is 0 Å². The second kappa shape index (κ2) is 8.75. The summed E-state index contributed by atoms with van der Waals surface area (Å²) in [6.45, 7) is 10.9. The largest absolute Gasteiger partial charge is 0.443 e. The first-order chi connectivity index (χ1) is 12.6. The van der Waals surface area contributed by atoms with Crippen LogP contribution in [0.1, 0.15) is 27.2 Å². The molecule has 0 unspecified atom stereocenters. The molecule has 0 fully saturated rings. The Morgan fingerprint density at radius 1 is 1.21 bits per heavy atom. The van der Waals surface area contributed by atoms with Crippen molar-refractivity contribution in [1.82, 2.24) is 4.31 Å². The van der Waals surface area contributed by atoms with E-state index in [0.717, 1.165) is 24.3 Å². The molecule has 1 aromatic carbocycles. The molecule has 28 heavy (non-hydrogen) atoms. The zero-order valence-electron chi connectivity index (χ0n) is 17.0. The third-order valence-electron chi connectivity index (χ3n) is 3.14. The van der Waals surface area contributed by atoms with Gasteiger partial charge >= 0.3 is 6.09 Å². The molecule has 0 bridgehead atoms. The molecule has 0 aliphatic carbocycles. The standard InChI is InChI=1S/C18H26N2O6SSi/c1-18(2,3)26-17(21)19(13-7-8-14-28(4,5)6)27(24,25)16-11-9-15(10-12-16)20(22)23/h9-12H,7,13H2,1-6H3. The van der Waals surface area contributed by atoms with Gasteiger partial charge in [-0.15, -0.1) is 11.5 Å². The van der Waals surface area contributed by atoms with E-state index < -0.39 is 34.7 Å². The highest BCUT2D eigenvalue weighted by molar-refractivity contribution is 7.89. The number of sulfonamides is 1. The Morgan fingerprint density at radius 3 is 2.18 bits per heavy atom. The van der Waals surface area contributed by atoms with Gasteiger partial charge in [0.05, 0.1) is 16.4 Å². The van der Waals surface area contributed by atoms with Crippen LogP contribution in [0.15, 0.2) is 29.2 Å². The Kier molecular flexibility index (Phi) is 7.39. The summed E-state index contributed by atoms with van der Waals surface area (Å²) in [6.07, 6.45) is -0.851. The summed E-state index contributed by atoms with van der Waals surface area (Å²) in [5.74, 6) is 2.93. The minimum atomic E-state index is -4.25. The number of amides is 1. The summed E-state index contributed by atoms with van der Waals surface area (Å²) in [5.41, 5.74) is 1.98. The molecule has 0 aromatic heterocycles. The van der Waals surface area contributed by atoms with E-state index in [9.17, 15) is 23.3 Å². The van der Waals surface area contributed by atoms with Gasteiger partial charge < -0.3 is 4.74 Å². The number of carbonyl (C=O) groups excluding carboxylic acids is 1. The molecule has 0 saturated heterocycles. The van der Waals surface area contributed by atoms with Crippen molar-refractivity contribution < 1.29 is 22.9 Å². The molecular weight excluding hydrogens is 400 g/mol. The van der Waals surface area contributed by atoms with Crippen molar-refractivity contribution in [2.24, 2.45) is 0 Å². The molecule has 0 saturated carbocycles. The molecule has 0 heterocycles. The number of ether oxygens (including phenoxy) is 1. The van der Waals surface area contributed by atoms with Crippen molar-refractivity contribution in [3.8, 4) is 11.5 Å². The lowest BCUT2D eigenvalue weighted by Crippen LogP contribution is -2.41. The molecule has 154 valence electrons. The summed E-state index contributed by atoms with van der Waals surface area (Å²) < 4.78 is 31.7. The first-order valence-corrected chi connectivity index (χ1v) is 13.6. The third-order valence-corrected chi connectivity index (χ3v) is 5.84. The fourth-order valence-corrected chi connectivity index (χ4v) is 3.93. The van der Waals surface area contributed by atoms with Crippen LogP contribution >= 0.6 is 0 Å². The average Bonchev–Trinajstić information content (AvgIpc) is 2.51. The minimum Gasteiger partial charge on any atom is -0.443 e. The molecule has 1 rings (SSSR count). The average molecular weight is 427 g/mol. The van der Waals surface area contributed by atoms with Crippen LogP contribution in [0.4, 0.5) is 10.5 Å². The number of benzene rings is 1. The predicted octanol–water partition coefficient (Wildman–Crippen LogP) is 3.79. The van der Waals surface area contributed by atoms with Crippen LogP contribution in [-0.4, -0.2) is 44.0 Å². The number of carbonyl (C=O) groups is 1. The van der Waals surface area contributed by atoms with E-state index in [1.807, 2.05) is 0 Å². The molecule has 0 radical (unpaired) electrons. The number of hydrogen-bond acceptors (Lipinski definition) is 6. The molecule has 1 aromatic rings. The maximum Gasteiger partial charge on any atom is 0.424 e. The Morgan fingerprint density at radius 2 is 1.75 bits per heavy atom. The van der Waals surface area contributed by atoms with Gasteiger partial charge in [0.1, 0.15) is 13.7 Å². The molecule has 0 N–H and O–H groups in total. The SMILES string of the molecule is CC(C)(C)OC(=O)N(CCC#C[Si](C)(C)C)S(=O)(=O)c1ccc([N+](=O)[O-])cc1. The molecular formula is C18H26N2O6SSi. The van der Waals surface area contributed by atoms with E-state index in [-0.39, 0.29) is 23.5 Å². The molecule has 0 aliphatic heterocycles. The fraction of sp³-hybridized carbons (Fsp3) is 0.500. The second-order valence-corrected chi connectivity index (χ2v) is 14.7. The summed E-state index contributed by atoms with van der Waals surface area (Å²) in [7, 11) is -5.88. The zero-order chi connectivity index (χ0) is 21.8. The lowest BCUT2D eigenvalue weighted by atomic mass is 10.2. The van der Waals surface area contributed by atoms with Gasteiger partial charge in [-0.1, -0.05) is 19.6 Å². The van der Waals surface area contributed by atoms with Crippen LogP contribution in [0.3, 0.4) is 0 Å². The maximum absolute atomic E-state index is 12.9. The number of nitrogens with zero attached hydrogens (tertiary/aromatic N) is 2. The van der Waals surface area contributed by atoms with Gasteiger partial charge in [0, 0.05) is 18.6 Å². The van der Waals surface area contributed by atoms with Gasteiger partial charge in [-0.2, -0.15) is 4.31 Å². The van der Waals surface area contributed by atoms with Crippen LogP contribution < -0.4 is 0 Å². The van der Waals surface area contributed by atoms with Crippen molar-refractivity contribution in [2.45, 2.75) is 57.3 Å². The quantitative estimate of drug-likeness (QED) is 0.307. The first kappa shape index (κ1) is 23.7. The van der Waals surface area contributed by atoms with Gasteiger partial charge in [0.25, 0.3) is 15.7 Å². The summed E-state index contributed by atoms with van der Waals surface area (Å²) in [6, 6.07) is 4.34. The number of nitro groups is 1. The van der Waals surface area contributed by atoms with E-state index in [1.165, 1.54) is 0 Å². The van der Waals surface area contributed by atoms with Crippen LogP contribution in [0.5, 0.6) is 0 Å². The predicted molar refractivity (Wildman–Crippen MR) is 109 cm³/mol. The van der Waals surface area contributed by atoms with Gasteiger partial charge in [-0.3, -0.25) is 10.1 Å². The first-order valence-electron chi connectivity index (χ1n) is 8.64. The molecule has 10 heteroatoms. The van der Waals surface area contributed by atoms with Crippen molar-refractivity contribution in [3.05, 3.63) is 34.4 Å². The summed E-state index contributed by atoms with van der Waals surface area (Å²) in [5, 5.41) is 10.8. The maximum atomic E-state index is 12.9. The smallest absolute Gasteiger partial charge is 0.424 e. The Hall–Kier alpha value is -2.38. The lowest BCUT2D eigenvalue weighted by molar-refractivity contribution is -0.384. The monoisotopic (exact) mass is 426 g/mol. The Labute approximate surface area is 167 Å². The second-order valence-electron chi connectivity index (χ2n) is 8.11. The zero-order valence-corrected chi connectivity index (χ0v) is 18.8. The van der Waals surface area contributed by atoms with Crippen LogP contribution in [0.2, 0.25) is 19.6 Å². The van der Waals surface area contributed by atoms with E-state index >= 15 is 0 Å².